The first-order valence-electron chi connectivity index (χ1n) is 12.8. The van der Waals surface area contributed by atoms with Crippen molar-refractivity contribution in [3.63, 3.8) is 0 Å². The summed E-state index contributed by atoms with van der Waals surface area (Å²) in [5, 5.41) is 3.82. The molecule has 7 nitrogen and oxygen atoms in total. The van der Waals surface area contributed by atoms with Gasteiger partial charge in [0.05, 0.1) is 20.6 Å². The number of anilines is 1. The number of aryl methyl sites for hydroxylation is 1. The summed E-state index contributed by atoms with van der Waals surface area (Å²) in [6.07, 6.45) is 1.03. The molecule has 214 valence electrons. The third kappa shape index (κ3) is 7.91. The molecule has 0 aromatic heterocycles. The number of nitrogens with zero attached hydrogens (tertiary/aromatic N) is 2. The molecule has 0 fully saturated rings. The van der Waals surface area contributed by atoms with Crippen molar-refractivity contribution in [1.29, 1.82) is 0 Å². The summed E-state index contributed by atoms with van der Waals surface area (Å²) in [5.41, 5.74) is 1.75. The van der Waals surface area contributed by atoms with Crippen LogP contribution in [0.1, 0.15) is 37.8 Å². The van der Waals surface area contributed by atoms with E-state index in [1.165, 1.54) is 23.1 Å². The molecule has 3 rings (SSSR count). The summed E-state index contributed by atoms with van der Waals surface area (Å²) in [6.45, 7) is 5.48. The van der Waals surface area contributed by atoms with E-state index in [4.69, 9.17) is 34.8 Å². The molecule has 0 saturated carbocycles. The lowest BCUT2D eigenvalue weighted by molar-refractivity contribution is -0.140. The standard InChI is InChI=1S/C29H32Cl3N3O4S/c1-4-15-33-29(37)27(5-2)34(18-21-11-14-25(31)26(32)16-21)28(36)19-35(23-8-6-7-22(30)17-23)40(38,39)24-12-9-20(3)10-13-24/h6-14,16-17,27H,4-5,15,18-19H2,1-3H3,(H,33,37)/t27-/m0/s1. The average molecular weight is 625 g/mol. The normalized spacial score (nSPS) is 12.1. The molecule has 0 aliphatic heterocycles. The fourth-order valence-corrected chi connectivity index (χ4v) is 6.03. The first-order chi connectivity index (χ1) is 19.0. The molecule has 0 saturated heterocycles. The van der Waals surface area contributed by atoms with E-state index < -0.39 is 28.5 Å². The monoisotopic (exact) mass is 623 g/mol. The average Bonchev–Trinajstić information content (AvgIpc) is 2.92. The van der Waals surface area contributed by atoms with Gasteiger partial charge in [-0.25, -0.2) is 8.42 Å². The SMILES string of the molecule is CCCNC(=O)[C@H](CC)N(Cc1ccc(Cl)c(Cl)c1)C(=O)CN(c1cccc(Cl)c1)S(=O)(=O)c1ccc(C)cc1. The first kappa shape index (κ1) is 31.7. The number of amides is 2. The lowest BCUT2D eigenvalue weighted by Gasteiger charge is -2.33. The number of sulfonamides is 1. The zero-order chi connectivity index (χ0) is 29.4. The van der Waals surface area contributed by atoms with E-state index in [9.17, 15) is 18.0 Å². The molecule has 1 N–H and O–H groups in total. The molecule has 0 aliphatic rings. The summed E-state index contributed by atoms with van der Waals surface area (Å²) < 4.78 is 28.8. The molecule has 0 radical (unpaired) electrons. The van der Waals surface area contributed by atoms with Crippen LogP contribution in [0.25, 0.3) is 0 Å². The number of benzene rings is 3. The van der Waals surface area contributed by atoms with Gasteiger partial charge in [-0.2, -0.15) is 0 Å². The van der Waals surface area contributed by atoms with E-state index in [0.717, 1.165) is 16.3 Å². The molecular formula is C29H32Cl3N3O4S. The quantitative estimate of drug-likeness (QED) is 0.250. The van der Waals surface area contributed by atoms with Gasteiger partial charge in [0, 0.05) is 18.1 Å². The van der Waals surface area contributed by atoms with Gasteiger partial charge in [-0.05, 0) is 67.8 Å². The van der Waals surface area contributed by atoms with Gasteiger partial charge in [-0.15, -0.1) is 0 Å². The molecule has 11 heteroatoms. The van der Waals surface area contributed by atoms with E-state index in [0.29, 0.717) is 33.6 Å². The van der Waals surface area contributed by atoms with Crippen molar-refractivity contribution in [2.75, 3.05) is 17.4 Å². The van der Waals surface area contributed by atoms with E-state index in [1.807, 2.05) is 13.8 Å². The number of nitrogens with one attached hydrogen (secondary N) is 1. The maximum Gasteiger partial charge on any atom is 0.264 e. The van der Waals surface area contributed by atoms with Crippen LogP contribution < -0.4 is 9.62 Å². The van der Waals surface area contributed by atoms with Crippen molar-refractivity contribution in [3.8, 4) is 0 Å². The summed E-state index contributed by atoms with van der Waals surface area (Å²) in [5.74, 6) is -0.895. The number of hydrogen-bond donors (Lipinski definition) is 1. The Morgan fingerprint density at radius 1 is 0.925 bits per heavy atom. The van der Waals surface area contributed by atoms with Crippen LogP contribution in [0, 0.1) is 6.92 Å². The number of rotatable bonds is 12. The van der Waals surface area contributed by atoms with Gasteiger partial charge in [-0.1, -0.05) is 78.5 Å². The predicted molar refractivity (Wildman–Crippen MR) is 162 cm³/mol. The minimum atomic E-state index is -4.18. The van der Waals surface area contributed by atoms with Crippen LogP contribution in [0.4, 0.5) is 5.69 Å². The largest absolute Gasteiger partial charge is 0.354 e. The highest BCUT2D eigenvalue weighted by Crippen LogP contribution is 2.28. The van der Waals surface area contributed by atoms with Crippen molar-refractivity contribution in [1.82, 2.24) is 10.2 Å². The summed E-state index contributed by atoms with van der Waals surface area (Å²) in [7, 11) is -4.18. The van der Waals surface area contributed by atoms with E-state index >= 15 is 0 Å². The highest BCUT2D eigenvalue weighted by atomic mass is 35.5. The second kappa shape index (κ2) is 14.2. The zero-order valence-corrected chi connectivity index (χ0v) is 25.6. The van der Waals surface area contributed by atoms with E-state index in [2.05, 4.69) is 5.32 Å². The third-order valence-electron chi connectivity index (χ3n) is 6.26. The van der Waals surface area contributed by atoms with Crippen molar-refractivity contribution in [2.45, 2.75) is 51.1 Å². The van der Waals surface area contributed by atoms with Crippen LogP contribution in [0.15, 0.2) is 71.6 Å². The van der Waals surface area contributed by atoms with Crippen molar-refractivity contribution in [2.24, 2.45) is 0 Å². The third-order valence-corrected chi connectivity index (χ3v) is 9.02. The topological polar surface area (TPSA) is 86.8 Å². The Morgan fingerprint density at radius 2 is 1.62 bits per heavy atom. The fourth-order valence-electron chi connectivity index (χ4n) is 4.12. The Bertz CT molecular complexity index is 1450. The Hall–Kier alpha value is -2.78. The molecule has 0 heterocycles. The summed E-state index contributed by atoms with van der Waals surface area (Å²) in [4.78, 5) is 28.6. The van der Waals surface area contributed by atoms with Crippen LogP contribution in [-0.4, -0.2) is 44.3 Å². The molecule has 0 bridgehead atoms. The van der Waals surface area contributed by atoms with Crippen molar-refractivity contribution < 1.29 is 18.0 Å². The van der Waals surface area contributed by atoms with E-state index in [1.54, 1.807) is 55.5 Å². The van der Waals surface area contributed by atoms with Gasteiger partial charge in [0.25, 0.3) is 10.0 Å². The van der Waals surface area contributed by atoms with Gasteiger partial charge in [-0.3, -0.25) is 13.9 Å². The Kier molecular flexibility index (Phi) is 11.3. The second-order valence-electron chi connectivity index (χ2n) is 9.29. The Morgan fingerprint density at radius 3 is 2.23 bits per heavy atom. The van der Waals surface area contributed by atoms with Gasteiger partial charge < -0.3 is 10.2 Å². The van der Waals surface area contributed by atoms with Gasteiger partial charge in [0.15, 0.2) is 0 Å². The molecule has 40 heavy (non-hydrogen) atoms. The van der Waals surface area contributed by atoms with Gasteiger partial charge in [0.2, 0.25) is 11.8 Å². The van der Waals surface area contributed by atoms with Crippen LogP contribution in [-0.2, 0) is 26.2 Å². The van der Waals surface area contributed by atoms with Gasteiger partial charge >= 0.3 is 0 Å². The highest BCUT2D eigenvalue weighted by molar-refractivity contribution is 7.92. The lowest BCUT2D eigenvalue weighted by atomic mass is 10.1. The van der Waals surface area contributed by atoms with Crippen molar-refractivity contribution in [3.05, 3.63) is 92.9 Å². The number of carbonyl (C=O) groups is 2. The molecule has 3 aromatic carbocycles. The number of hydrogen-bond acceptors (Lipinski definition) is 4. The van der Waals surface area contributed by atoms with Crippen molar-refractivity contribution >= 4 is 62.3 Å². The number of halogens is 3. The molecule has 0 aliphatic carbocycles. The minimum Gasteiger partial charge on any atom is -0.354 e. The molecule has 0 spiro atoms. The predicted octanol–water partition coefficient (Wildman–Crippen LogP) is 6.48. The Labute approximate surface area is 251 Å². The maximum atomic E-state index is 14.0. The molecule has 1 atom stereocenters. The first-order valence-corrected chi connectivity index (χ1v) is 15.4. The summed E-state index contributed by atoms with van der Waals surface area (Å²) >= 11 is 18.5. The lowest BCUT2D eigenvalue weighted by Crippen LogP contribution is -2.52. The van der Waals surface area contributed by atoms with E-state index in [-0.39, 0.29) is 23.0 Å². The molecule has 2 amide bonds. The number of carbonyl (C=O) groups excluding carboxylic acids is 2. The smallest absolute Gasteiger partial charge is 0.264 e. The minimum absolute atomic E-state index is 0.0156. The maximum absolute atomic E-state index is 14.0. The summed E-state index contributed by atoms with van der Waals surface area (Å²) in [6, 6.07) is 16.7. The molecule has 3 aromatic rings. The van der Waals surface area contributed by atoms with Crippen LogP contribution in [0.3, 0.4) is 0 Å². The van der Waals surface area contributed by atoms with Crippen LogP contribution in [0.5, 0.6) is 0 Å². The van der Waals surface area contributed by atoms with Crippen LogP contribution >= 0.6 is 34.8 Å². The molecular weight excluding hydrogens is 593 g/mol. The van der Waals surface area contributed by atoms with Crippen LogP contribution in [0.2, 0.25) is 15.1 Å². The highest BCUT2D eigenvalue weighted by Gasteiger charge is 2.33. The van der Waals surface area contributed by atoms with Gasteiger partial charge in [0.1, 0.15) is 12.6 Å². The molecule has 0 unspecified atom stereocenters. The second-order valence-corrected chi connectivity index (χ2v) is 12.4. The zero-order valence-electron chi connectivity index (χ0n) is 22.5. The Balaban J connectivity index is 2.06. The fraction of sp³-hybridized carbons (Fsp3) is 0.310.